The largest absolute Gasteiger partial charge is 0.464 e. The topological polar surface area (TPSA) is 76.1 Å². The smallest absolute Gasteiger partial charge is 0.410 e. The first kappa shape index (κ1) is 20.7. The van der Waals surface area contributed by atoms with E-state index in [0.717, 1.165) is 25.7 Å². The van der Waals surface area contributed by atoms with Crippen LogP contribution in [0.2, 0.25) is 0 Å². The highest BCUT2D eigenvalue weighted by molar-refractivity contribution is 5.92. The van der Waals surface area contributed by atoms with Gasteiger partial charge in [-0.05, 0) is 46.5 Å². The zero-order valence-electron chi connectivity index (χ0n) is 17.3. The summed E-state index contributed by atoms with van der Waals surface area (Å²) in [6.45, 7) is 8.33. The number of hydrogen-bond donors (Lipinski definition) is 0. The van der Waals surface area contributed by atoms with E-state index in [2.05, 4.69) is 0 Å². The normalized spacial score (nSPS) is 29.4. The van der Waals surface area contributed by atoms with E-state index < -0.39 is 23.8 Å². The van der Waals surface area contributed by atoms with Gasteiger partial charge >= 0.3 is 12.1 Å². The zero-order valence-corrected chi connectivity index (χ0v) is 17.3. The molecular weight excluding hydrogens is 360 g/mol. The number of nitrogens with zero attached hydrogens (tertiary/aromatic N) is 2. The molecule has 0 bridgehead atoms. The molecule has 156 valence electrons. The average Bonchev–Trinajstić information content (AvgIpc) is 3.19. The van der Waals surface area contributed by atoms with Gasteiger partial charge in [0, 0.05) is 12.5 Å². The number of rotatable bonds is 4. The van der Waals surface area contributed by atoms with Crippen LogP contribution in [-0.2, 0) is 19.1 Å². The Kier molecular flexibility index (Phi) is 6.01. The molecule has 7 nitrogen and oxygen atoms in total. The highest BCUT2D eigenvalue weighted by atomic mass is 16.6. The van der Waals surface area contributed by atoms with Crippen LogP contribution < -0.4 is 0 Å². The van der Waals surface area contributed by atoms with Crippen LogP contribution in [-0.4, -0.2) is 64.6 Å². The van der Waals surface area contributed by atoms with Crippen molar-refractivity contribution < 1.29 is 23.9 Å². The van der Waals surface area contributed by atoms with Crippen molar-refractivity contribution in [3.63, 3.8) is 0 Å². The quantitative estimate of drug-likeness (QED) is 0.418. The molecule has 0 unspecified atom stereocenters. The van der Waals surface area contributed by atoms with Crippen LogP contribution in [0.25, 0.3) is 0 Å². The van der Waals surface area contributed by atoms with Crippen LogP contribution in [0.1, 0.15) is 59.8 Å². The molecule has 0 radical (unpaired) electrons. The van der Waals surface area contributed by atoms with E-state index in [1.165, 1.54) is 4.90 Å². The Labute approximate surface area is 167 Å². The number of carbonyl (C=O) groups excluding carboxylic acids is 3. The fourth-order valence-electron chi connectivity index (χ4n) is 4.27. The van der Waals surface area contributed by atoms with Crippen molar-refractivity contribution in [2.24, 2.45) is 5.92 Å². The van der Waals surface area contributed by atoms with Gasteiger partial charge in [0.05, 0.1) is 12.6 Å². The summed E-state index contributed by atoms with van der Waals surface area (Å²) >= 11 is 0. The molecule has 2 amide bonds. The molecule has 3 rings (SSSR count). The van der Waals surface area contributed by atoms with Crippen molar-refractivity contribution in [2.45, 2.75) is 83.5 Å². The Morgan fingerprint density at radius 3 is 2.61 bits per heavy atom. The Morgan fingerprint density at radius 1 is 1.18 bits per heavy atom. The first-order valence-electron chi connectivity index (χ1n) is 10.4. The molecule has 2 saturated heterocycles. The minimum Gasteiger partial charge on any atom is -0.464 e. The lowest BCUT2D eigenvalue weighted by atomic mass is 9.99. The molecule has 0 aliphatic carbocycles. The van der Waals surface area contributed by atoms with E-state index in [9.17, 15) is 14.4 Å². The summed E-state index contributed by atoms with van der Waals surface area (Å²) in [5.74, 6) is -0.543. The van der Waals surface area contributed by atoms with E-state index in [1.54, 1.807) is 4.90 Å². The molecule has 0 aromatic carbocycles. The fourth-order valence-corrected chi connectivity index (χ4v) is 4.27. The molecule has 0 N–H and O–H groups in total. The highest BCUT2D eigenvalue weighted by Gasteiger charge is 2.51. The van der Waals surface area contributed by atoms with Crippen molar-refractivity contribution in [1.29, 1.82) is 0 Å². The number of amides is 2. The van der Waals surface area contributed by atoms with Crippen LogP contribution in [0.3, 0.4) is 0 Å². The molecule has 0 aromatic rings. The van der Waals surface area contributed by atoms with Gasteiger partial charge in [0.1, 0.15) is 17.7 Å². The van der Waals surface area contributed by atoms with Crippen LogP contribution in [0, 0.1) is 5.92 Å². The molecule has 0 spiro atoms. The van der Waals surface area contributed by atoms with Gasteiger partial charge in [-0.3, -0.25) is 9.69 Å². The number of ether oxygens (including phenoxy) is 2. The van der Waals surface area contributed by atoms with Crippen LogP contribution in [0.15, 0.2) is 12.2 Å². The van der Waals surface area contributed by atoms with Crippen molar-refractivity contribution in [2.75, 3.05) is 13.2 Å². The maximum absolute atomic E-state index is 13.5. The summed E-state index contributed by atoms with van der Waals surface area (Å²) in [6.07, 6.45) is 7.41. The van der Waals surface area contributed by atoms with Gasteiger partial charge in [-0.2, -0.15) is 0 Å². The molecule has 4 atom stereocenters. The molecule has 7 heteroatoms. The van der Waals surface area contributed by atoms with Crippen LogP contribution in [0.5, 0.6) is 0 Å². The first-order valence-corrected chi connectivity index (χ1v) is 10.4. The number of carbonyl (C=O) groups is 3. The van der Waals surface area contributed by atoms with Gasteiger partial charge in [0.15, 0.2) is 0 Å². The summed E-state index contributed by atoms with van der Waals surface area (Å²) in [5.41, 5.74) is -0.624. The van der Waals surface area contributed by atoms with Gasteiger partial charge < -0.3 is 14.4 Å². The number of esters is 1. The van der Waals surface area contributed by atoms with Crippen LogP contribution in [0.4, 0.5) is 4.79 Å². The number of hydrogen-bond acceptors (Lipinski definition) is 5. The standard InChI is InChI=1S/C21H32N2O5/c1-5-6-13-27-19(25)16-10-9-15-8-7-14-11-12-22(17(14)18(24)23(15)16)20(26)28-21(2,3)4/h7-8,14-17H,5-6,9-13H2,1-4H3/t14-,15-,16-,17-/m0/s1. The summed E-state index contributed by atoms with van der Waals surface area (Å²) < 4.78 is 10.9. The lowest BCUT2D eigenvalue weighted by Crippen LogP contribution is -2.54. The first-order chi connectivity index (χ1) is 13.2. The van der Waals surface area contributed by atoms with Crippen molar-refractivity contribution in [3.05, 3.63) is 12.2 Å². The van der Waals surface area contributed by atoms with E-state index in [0.29, 0.717) is 19.6 Å². The second-order valence-electron chi connectivity index (χ2n) is 8.88. The number of likely N-dealkylation sites (tertiary alicyclic amines) is 1. The Morgan fingerprint density at radius 2 is 1.93 bits per heavy atom. The summed E-state index contributed by atoms with van der Waals surface area (Å²) in [5, 5.41) is 0. The minimum atomic E-state index is -0.624. The maximum atomic E-state index is 13.5. The highest BCUT2D eigenvalue weighted by Crippen LogP contribution is 2.36. The third-order valence-electron chi connectivity index (χ3n) is 5.60. The van der Waals surface area contributed by atoms with E-state index in [1.807, 2.05) is 39.8 Å². The summed E-state index contributed by atoms with van der Waals surface area (Å²) in [7, 11) is 0. The van der Waals surface area contributed by atoms with Gasteiger partial charge in [0.2, 0.25) is 5.91 Å². The SMILES string of the molecule is CCCCOC(=O)[C@@H]1CC[C@@H]2C=C[C@H]3CCN(C(=O)OC(C)(C)C)[C@@H]3C(=O)N21. The average molecular weight is 392 g/mol. The maximum Gasteiger partial charge on any atom is 0.410 e. The van der Waals surface area contributed by atoms with Crippen molar-refractivity contribution >= 4 is 18.0 Å². The summed E-state index contributed by atoms with van der Waals surface area (Å²) in [4.78, 5) is 41.9. The number of unbranched alkanes of at least 4 members (excludes halogenated alkanes) is 1. The van der Waals surface area contributed by atoms with Crippen LogP contribution >= 0.6 is 0 Å². The third-order valence-corrected chi connectivity index (χ3v) is 5.60. The molecule has 0 saturated carbocycles. The van der Waals surface area contributed by atoms with Gasteiger partial charge in [-0.25, -0.2) is 9.59 Å². The second kappa shape index (κ2) is 8.13. The summed E-state index contributed by atoms with van der Waals surface area (Å²) in [6, 6.07) is -1.29. The van der Waals surface area contributed by atoms with E-state index in [4.69, 9.17) is 9.47 Å². The lowest BCUT2D eigenvalue weighted by Gasteiger charge is -2.33. The Bertz CT molecular complexity index is 654. The lowest BCUT2D eigenvalue weighted by molar-refractivity contribution is -0.155. The molecule has 3 heterocycles. The fraction of sp³-hybridized carbons (Fsp3) is 0.762. The van der Waals surface area contributed by atoms with Gasteiger partial charge in [-0.15, -0.1) is 0 Å². The monoisotopic (exact) mass is 392 g/mol. The van der Waals surface area contributed by atoms with Crippen molar-refractivity contribution in [3.8, 4) is 0 Å². The Hall–Kier alpha value is -2.05. The van der Waals surface area contributed by atoms with E-state index in [-0.39, 0.29) is 23.8 Å². The predicted octanol–water partition coefficient (Wildman–Crippen LogP) is 2.88. The predicted molar refractivity (Wildman–Crippen MR) is 103 cm³/mol. The zero-order chi connectivity index (χ0) is 20.5. The Balaban J connectivity index is 1.78. The molecule has 2 fully saturated rings. The number of fused-ring (bicyclic) bond motifs is 2. The van der Waals surface area contributed by atoms with Gasteiger partial charge in [0.25, 0.3) is 0 Å². The molecule has 3 aliphatic heterocycles. The molecular formula is C21H32N2O5. The van der Waals surface area contributed by atoms with E-state index >= 15 is 0 Å². The van der Waals surface area contributed by atoms with Crippen molar-refractivity contribution in [1.82, 2.24) is 9.80 Å². The third kappa shape index (κ3) is 4.18. The second-order valence-corrected chi connectivity index (χ2v) is 8.88. The minimum absolute atomic E-state index is 0.0395. The molecule has 28 heavy (non-hydrogen) atoms. The molecule has 3 aliphatic rings. The molecule has 0 aromatic heterocycles. The van der Waals surface area contributed by atoms with Gasteiger partial charge in [-0.1, -0.05) is 25.5 Å².